The lowest BCUT2D eigenvalue weighted by atomic mass is 9.74. The van der Waals surface area contributed by atoms with Crippen LogP contribution in [0.2, 0.25) is 0 Å². The van der Waals surface area contributed by atoms with E-state index in [-0.39, 0.29) is 5.41 Å². The van der Waals surface area contributed by atoms with Gasteiger partial charge in [0.1, 0.15) is 5.82 Å². The zero-order valence-corrected chi connectivity index (χ0v) is 15.3. The van der Waals surface area contributed by atoms with Gasteiger partial charge in [-0.3, -0.25) is 0 Å². The molecule has 2 nitrogen and oxygen atoms in total. The third-order valence-corrected chi connectivity index (χ3v) is 6.12. The zero-order valence-electron chi connectivity index (χ0n) is 12.4. The molecule has 1 aliphatic rings. The molecule has 3 heterocycles. The van der Waals surface area contributed by atoms with Gasteiger partial charge in [0, 0.05) is 22.9 Å². The molecule has 22 heavy (non-hydrogen) atoms. The Morgan fingerprint density at radius 1 is 1.09 bits per heavy atom. The Hall–Kier alpha value is -1.40. The van der Waals surface area contributed by atoms with E-state index in [1.807, 2.05) is 12.3 Å². The van der Waals surface area contributed by atoms with Gasteiger partial charge in [-0.1, -0.05) is 26.0 Å². The highest BCUT2D eigenvalue weighted by molar-refractivity contribution is 14.1. The summed E-state index contributed by atoms with van der Waals surface area (Å²) < 4.78 is 1.32. The van der Waals surface area contributed by atoms with Crippen LogP contribution in [0.5, 0.6) is 0 Å². The predicted molar refractivity (Wildman–Crippen MR) is 102 cm³/mol. The number of nitrogens with one attached hydrogen (secondary N) is 1. The molecule has 0 bridgehead atoms. The summed E-state index contributed by atoms with van der Waals surface area (Å²) in [4.78, 5) is 4.49. The van der Waals surface area contributed by atoms with E-state index >= 15 is 0 Å². The number of hydrogen-bond donors (Lipinski definition) is 1. The van der Waals surface area contributed by atoms with E-state index in [0.29, 0.717) is 0 Å². The second-order valence-corrected chi connectivity index (χ2v) is 8.85. The minimum absolute atomic E-state index is 0.0522. The average Bonchev–Trinajstić information content (AvgIpc) is 2.94. The van der Waals surface area contributed by atoms with Gasteiger partial charge in [0.2, 0.25) is 0 Å². The second kappa shape index (κ2) is 5.06. The first kappa shape index (κ1) is 14.2. The van der Waals surface area contributed by atoms with E-state index in [1.54, 1.807) is 11.3 Å². The first-order valence-electron chi connectivity index (χ1n) is 7.17. The molecule has 4 rings (SSSR count). The summed E-state index contributed by atoms with van der Waals surface area (Å²) in [5.74, 6) is 0.970. The van der Waals surface area contributed by atoms with Crippen LogP contribution in [0.4, 0.5) is 11.5 Å². The molecule has 0 aliphatic carbocycles. The fourth-order valence-electron chi connectivity index (χ4n) is 3.09. The van der Waals surface area contributed by atoms with Crippen molar-refractivity contribution in [3.05, 3.63) is 62.0 Å². The molecule has 1 aromatic carbocycles. The fourth-order valence-corrected chi connectivity index (χ4v) is 4.45. The number of nitrogens with zero attached hydrogens (tertiary/aromatic N) is 1. The highest BCUT2D eigenvalue weighted by Gasteiger charge is 2.33. The number of thiophene rings is 1. The molecule has 0 unspecified atom stereocenters. The van der Waals surface area contributed by atoms with Gasteiger partial charge in [0.15, 0.2) is 0 Å². The zero-order chi connectivity index (χ0) is 15.3. The average molecular weight is 418 g/mol. The van der Waals surface area contributed by atoms with Crippen LogP contribution in [-0.4, -0.2) is 4.98 Å². The second-order valence-electron chi connectivity index (χ2n) is 6.05. The molecule has 0 saturated heterocycles. The van der Waals surface area contributed by atoms with E-state index in [2.05, 4.69) is 82.5 Å². The van der Waals surface area contributed by atoms with Crippen molar-refractivity contribution in [2.75, 3.05) is 5.32 Å². The third kappa shape index (κ3) is 2.16. The molecule has 0 atom stereocenters. The Morgan fingerprint density at radius 3 is 2.73 bits per heavy atom. The number of rotatable bonds is 1. The van der Waals surface area contributed by atoms with Gasteiger partial charge in [0.25, 0.3) is 0 Å². The summed E-state index contributed by atoms with van der Waals surface area (Å²) in [5.41, 5.74) is 6.25. The van der Waals surface area contributed by atoms with Gasteiger partial charge < -0.3 is 5.32 Å². The summed E-state index contributed by atoms with van der Waals surface area (Å²) in [6.45, 7) is 4.54. The topological polar surface area (TPSA) is 24.9 Å². The molecular formula is C18H15IN2S. The van der Waals surface area contributed by atoms with Gasteiger partial charge in [-0.25, -0.2) is 4.98 Å². The summed E-state index contributed by atoms with van der Waals surface area (Å²) >= 11 is 4.16. The highest BCUT2D eigenvalue weighted by Crippen LogP contribution is 2.45. The van der Waals surface area contributed by atoms with Gasteiger partial charge in [-0.15, -0.1) is 11.3 Å². The number of aromatic nitrogens is 1. The molecule has 1 N–H and O–H groups in total. The third-order valence-electron chi connectivity index (χ3n) is 4.33. The van der Waals surface area contributed by atoms with Gasteiger partial charge in [-0.2, -0.15) is 0 Å². The van der Waals surface area contributed by atoms with E-state index < -0.39 is 0 Å². The SMILES string of the molecule is CC1(C)c2cc(-c3csc(I)c3)ccc2Nc2ncccc21. The number of anilines is 2. The van der Waals surface area contributed by atoms with Crippen molar-refractivity contribution in [2.24, 2.45) is 0 Å². The fraction of sp³-hybridized carbons (Fsp3) is 0.167. The van der Waals surface area contributed by atoms with Crippen LogP contribution in [0.15, 0.2) is 48.0 Å². The molecule has 4 heteroatoms. The maximum absolute atomic E-state index is 4.49. The maximum atomic E-state index is 4.49. The van der Waals surface area contributed by atoms with Gasteiger partial charge in [0.05, 0.1) is 2.88 Å². The number of hydrogen-bond acceptors (Lipinski definition) is 3. The van der Waals surface area contributed by atoms with Gasteiger partial charge >= 0.3 is 0 Å². The number of fused-ring (bicyclic) bond motifs is 2. The number of pyridine rings is 1. The molecule has 0 amide bonds. The van der Waals surface area contributed by atoms with Crippen LogP contribution in [0.3, 0.4) is 0 Å². The molecule has 0 fully saturated rings. The Kier molecular flexibility index (Phi) is 3.27. The smallest absolute Gasteiger partial charge is 0.134 e. The quantitative estimate of drug-likeness (QED) is 0.506. The van der Waals surface area contributed by atoms with Crippen LogP contribution < -0.4 is 5.32 Å². The standard InChI is InChI=1S/C18H15IN2S/c1-18(2)13-4-3-7-20-17(13)21-15-6-5-11(8-14(15)18)12-9-16(19)22-10-12/h3-10H,1-2H3,(H,20,21). The molecule has 110 valence electrons. The minimum Gasteiger partial charge on any atom is -0.340 e. The first-order chi connectivity index (χ1) is 10.6. The Morgan fingerprint density at radius 2 is 1.95 bits per heavy atom. The van der Waals surface area contributed by atoms with Crippen molar-refractivity contribution in [1.82, 2.24) is 4.98 Å². The number of benzene rings is 1. The summed E-state index contributed by atoms with van der Waals surface area (Å²) in [7, 11) is 0. The van der Waals surface area contributed by atoms with Crippen LogP contribution in [0, 0.1) is 2.88 Å². The van der Waals surface area contributed by atoms with Crippen molar-refractivity contribution in [3.8, 4) is 11.1 Å². The normalized spacial score (nSPS) is 14.9. The van der Waals surface area contributed by atoms with E-state index in [9.17, 15) is 0 Å². The molecule has 0 radical (unpaired) electrons. The molecule has 0 spiro atoms. The summed E-state index contributed by atoms with van der Waals surface area (Å²) in [6.07, 6.45) is 1.84. The minimum atomic E-state index is -0.0522. The molecule has 2 aromatic heterocycles. The van der Waals surface area contributed by atoms with Crippen LogP contribution in [0.25, 0.3) is 11.1 Å². The van der Waals surface area contributed by atoms with E-state index in [1.165, 1.54) is 25.1 Å². The Labute approximate surface area is 147 Å². The van der Waals surface area contributed by atoms with Crippen molar-refractivity contribution in [3.63, 3.8) is 0 Å². The van der Waals surface area contributed by atoms with Crippen molar-refractivity contribution >= 4 is 45.4 Å². The molecular weight excluding hydrogens is 403 g/mol. The maximum Gasteiger partial charge on any atom is 0.134 e. The van der Waals surface area contributed by atoms with Crippen molar-refractivity contribution < 1.29 is 0 Å². The van der Waals surface area contributed by atoms with Crippen molar-refractivity contribution in [1.29, 1.82) is 0 Å². The number of halogens is 1. The van der Waals surface area contributed by atoms with Crippen LogP contribution in [0.1, 0.15) is 25.0 Å². The molecule has 0 saturated carbocycles. The molecule has 1 aliphatic heterocycles. The van der Waals surface area contributed by atoms with Crippen LogP contribution in [-0.2, 0) is 5.41 Å². The lowest BCUT2D eigenvalue weighted by Gasteiger charge is -2.35. The summed E-state index contributed by atoms with van der Waals surface area (Å²) in [5, 5.41) is 5.69. The lowest BCUT2D eigenvalue weighted by Crippen LogP contribution is -2.26. The lowest BCUT2D eigenvalue weighted by molar-refractivity contribution is 0.635. The highest BCUT2D eigenvalue weighted by atomic mass is 127. The predicted octanol–water partition coefficient (Wildman–Crippen LogP) is 5.80. The Balaban J connectivity index is 1.88. The van der Waals surface area contributed by atoms with E-state index in [4.69, 9.17) is 0 Å². The van der Waals surface area contributed by atoms with Gasteiger partial charge in [-0.05, 0) is 68.9 Å². The van der Waals surface area contributed by atoms with E-state index in [0.717, 1.165) is 11.5 Å². The Bertz CT molecular complexity index is 867. The van der Waals surface area contributed by atoms with Crippen molar-refractivity contribution in [2.45, 2.75) is 19.3 Å². The first-order valence-corrected chi connectivity index (χ1v) is 9.13. The van der Waals surface area contributed by atoms with Crippen LogP contribution >= 0.6 is 33.9 Å². The monoisotopic (exact) mass is 418 g/mol. The summed E-state index contributed by atoms with van der Waals surface area (Å²) in [6, 6.07) is 13.1. The largest absolute Gasteiger partial charge is 0.340 e. The molecule has 3 aromatic rings.